The Kier molecular flexibility index (Phi) is 7.28. The van der Waals surface area contributed by atoms with E-state index in [2.05, 4.69) is 14.9 Å². The Bertz CT molecular complexity index is 457. The van der Waals surface area contributed by atoms with Gasteiger partial charge in [-0.2, -0.15) is 5.11 Å². The summed E-state index contributed by atoms with van der Waals surface area (Å²) in [6.45, 7) is 0. The highest BCUT2D eigenvalue weighted by atomic mass is 33.1. The van der Waals surface area contributed by atoms with Crippen LogP contribution < -0.4 is 0 Å². The van der Waals surface area contributed by atoms with Crippen molar-refractivity contribution in [1.82, 2.24) is 0 Å². The number of hydrogen-bond donors (Lipinski definition) is 0. The van der Waals surface area contributed by atoms with Crippen LogP contribution in [0.5, 0.6) is 0 Å². The van der Waals surface area contributed by atoms with Crippen LogP contribution in [-0.4, -0.2) is 38.0 Å². The maximum atomic E-state index is 11.8. The topological polar surface area (TPSA) is 68.1 Å². The fraction of sp³-hybridized carbons (Fsp3) is 0.273. The van der Waals surface area contributed by atoms with Crippen molar-refractivity contribution in [2.24, 2.45) is 10.1 Å². The number of hydrogen-bond acceptors (Lipinski definition) is 7. The summed E-state index contributed by atoms with van der Waals surface area (Å²) in [6.07, 6.45) is 0. The summed E-state index contributed by atoms with van der Waals surface area (Å²) in [5.74, 6) is -0.112. The van der Waals surface area contributed by atoms with Crippen molar-refractivity contribution in [1.29, 1.82) is 0 Å². The summed E-state index contributed by atoms with van der Waals surface area (Å²) in [7, 11) is 5.13. The lowest BCUT2D eigenvalue weighted by molar-refractivity contribution is -0.141. The lowest BCUT2D eigenvalue weighted by Gasteiger charge is -2.07. The highest BCUT2D eigenvalue weighted by Gasteiger charge is 2.19. The number of carbonyl (C=O) groups is 2. The van der Waals surface area contributed by atoms with E-state index in [0.29, 0.717) is 11.3 Å². The molecule has 0 N–H and O–H groups in total. The molecule has 5 nitrogen and oxygen atoms in total. The summed E-state index contributed by atoms with van der Waals surface area (Å²) in [5.41, 5.74) is 0.631. The molecule has 0 amide bonds. The van der Waals surface area contributed by atoms with E-state index in [1.54, 1.807) is 24.3 Å². The van der Waals surface area contributed by atoms with E-state index in [0.717, 1.165) is 10.8 Å². The van der Waals surface area contributed by atoms with Crippen LogP contribution in [0.25, 0.3) is 0 Å². The van der Waals surface area contributed by atoms with Gasteiger partial charge in [0.15, 0.2) is 6.04 Å². The van der Waals surface area contributed by atoms with E-state index < -0.39 is 12.0 Å². The zero-order valence-corrected chi connectivity index (χ0v) is 12.2. The van der Waals surface area contributed by atoms with Gasteiger partial charge in [0.25, 0.3) is 7.98 Å². The van der Waals surface area contributed by atoms with Crippen molar-refractivity contribution in [2.45, 2.75) is 6.04 Å². The fourth-order valence-electron chi connectivity index (χ4n) is 1.20. The van der Waals surface area contributed by atoms with Gasteiger partial charge < -0.3 is 4.74 Å². The second-order valence-electron chi connectivity index (χ2n) is 3.38. The SMILES string of the molecule is BN=NC(CSSC(=O)c1ccccc1)C(=O)OC. The molecule has 0 aromatic heterocycles. The first-order valence-corrected chi connectivity index (χ1v) is 7.76. The minimum absolute atomic E-state index is 0.0531. The zero-order chi connectivity index (χ0) is 14.1. The number of carbonyl (C=O) groups excluding carboxylic acids is 2. The Morgan fingerprint density at radius 1 is 1.37 bits per heavy atom. The Labute approximate surface area is 120 Å². The highest BCUT2D eigenvalue weighted by Crippen LogP contribution is 2.27. The molecule has 0 saturated carbocycles. The molecule has 0 fully saturated rings. The molecule has 0 radical (unpaired) electrons. The lowest BCUT2D eigenvalue weighted by Crippen LogP contribution is -2.22. The molecule has 1 atom stereocenters. The highest BCUT2D eigenvalue weighted by molar-refractivity contribution is 8.82. The van der Waals surface area contributed by atoms with E-state index in [9.17, 15) is 9.59 Å². The number of methoxy groups -OCH3 is 1. The van der Waals surface area contributed by atoms with Crippen LogP contribution in [0, 0.1) is 0 Å². The van der Waals surface area contributed by atoms with Crippen LogP contribution >= 0.6 is 21.6 Å². The van der Waals surface area contributed by atoms with Gasteiger partial charge in [-0.05, 0) is 10.8 Å². The summed E-state index contributed by atoms with van der Waals surface area (Å²) in [6, 6.07) is 8.29. The maximum absolute atomic E-state index is 11.8. The molecule has 19 heavy (non-hydrogen) atoms. The van der Waals surface area contributed by atoms with Crippen LogP contribution in [0.2, 0.25) is 0 Å². The van der Waals surface area contributed by atoms with Crippen LogP contribution in [0.4, 0.5) is 0 Å². The van der Waals surface area contributed by atoms with Gasteiger partial charge in [0.05, 0.1) is 7.11 Å². The fourth-order valence-corrected chi connectivity index (χ4v) is 3.14. The third kappa shape index (κ3) is 5.48. The van der Waals surface area contributed by atoms with Crippen molar-refractivity contribution < 1.29 is 14.3 Å². The second kappa shape index (κ2) is 8.76. The maximum Gasteiger partial charge on any atom is 0.333 e. The Morgan fingerprint density at radius 2 is 2.05 bits per heavy atom. The van der Waals surface area contributed by atoms with Crippen LogP contribution in [0.3, 0.4) is 0 Å². The van der Waals surface area contributed by atoms with Gasteiger partial charge >= 0.3 is 5.97 Å². The molecule has 0 aliphatic carbocycles. The second-order valence-corrected chi connectivity index (χ2v) is 5.69. The molecule has 8 heteroatoms. The van der Waals surface area contributed by atoms with E-state index in [4.69, 9.17) is 0 Å². The zero-order valence-electron chi connectivity index (χ0n) is 10.6. The first-order chi connectivity index (χ1) is 9.19. The van der Waals surface area contributed by atoms with Crippen molar-refractivity contribution in [3.63, 3.8) is 0 Å². The lowest BCUT2D eigenvalue weighted by atomic mass is 10.2. The molecular weight excluding hydrogens is 283 g/mol. The third-order valence-corrected chi connectivity index (χ3v) is 4.27. The minimum atomic E-state index is -0.670. The predicted octanol–water partition coefficient (Wildman–Crippen LogP) is 1.75. The van der Waals surface area contributed by atoms with Crippen molar-refractivity contribution >= 4 is 40.7 Å². The van der Waals surface area contributed by atoms with Gasteiger partial charge in [-0.3, -0.25) is 9.82 Å². The Balaban J connectivity index is 2.44. The molecule has 0 heterocycles. The molecular formula is C11H13BN2O3S2. The van der Waals surface area contributed by atoms with Gasteiger partial charge in [0.1, 0.15) is 0 Å². The molecule has 1 rings (SSSR count). The van der Waals surface area contributed by atoms with Crippen LogP contribution in [-0.2, 0) is 9.53 Å². The molecule has 0 aliphatic rings. The number of nitrogens with zero attached hydrogens (tertiary/aromatic N) is 2. The molecule has 0 bridgehead atoms. The number of esters is 1. The van der Waals surface area contributed by atoms with E-state index in [1.807, 2.05) is 6.07 Å². The molecule has 0 spiro atoms. The summed E-state index contributed by atoms with van der Waals surface area (Å²) in [4.78, 5) is 23.2. The van der Waals surface area contributed by atoms with Crippen molar-refractivity contribution in [2.75, 3.05) is 12.9 Å². The first-order valence-electron chi connectivity index (χ1n) is 5.44. The summed E-state index contributed by atoms with van der Waals surface area (Å²) >= 11 is 0. The van der Waals surface area contributed by atoms with Crippen LogP contribution in [0.15, 0.2) is 40.5 Å². The number of benzene rings is 1. The van der Waals surface area contributed by atoms with Crippen molar-refractivity contribution in [3.8, 4) is 0 Å². The van der Waals surface area contributed by atoms with Gasteiger partial charge in [0, 0.05) is 11.3 Å². The summed E-state index contributed by atoms with van der Waals surface area (Å²) in [5, 5.41) is 7.29. The van der Waals surface area contributed by atoms with Gasteiger partial charge in [-0.25, -0.2) is 4.79 Å². The average Bonchev–Trinajstić information content (AvgIpc) is 2.46. The average molecular weight is 296 g/mol. The molecule has 100 valence electrons. The molecule has 1 aromatic rings. The van der Waals surface area contributed by atoms with Crippen molar-refractivity contribution in [3.05, 3.63) is 35.9 Å². The van der Waals surface area contributed by atoms with E-state index in [1.165, 1.54) is 25.9 Å². The Hall–Kier alpha value is -1.28. The van der Waals surface area contributed by atoms with Crippen LogP contribution in [0.1, 0.15) is 10.4 Å². The quantitative estimate of drug-likeness (QED) is 0.346. The normalized spacial score (nSPS) is 12.3. The number of rotatable bonds is 6. The standard InChI is InChI=1S/C11H13BN2O3S2/c1-17-10(15)9(13-14-12)7-18-19-11(16)8-5-3-2-4-6-8/h2-6,9H,7,12H2,1H3. The monoisotopic (exact) mass is 296 g/mol. The largest absolute Gasteiger partial charge is 0.467 e. The van der Waals surface area contributed by atoms with Gasteiger partial charge in [0.2, 0.25) is 5.12 Å². The smallest absolute Gasteiger partial charge is 0.333 e. The molecule has 0 saturated heterocycles. The third-order valence-electron chi connectivity index (χ3n) is 2.10. The summed E-state index contributed by atoms with van der Waals surface area (Å²) < 4.78 is 4.61. The van der Waals surface area contributed by atoms with Gasteiger partial charge in [-0.1, -0.05) is 41.1 Å². The van der Waals surface area contributed by atoms with Gasteiger partial charge in [-0.15, -0.1) is 0 Å². The number of ether oxygens (including phenoxy) is 1. The first kappa shape index (κ1) is 15.8. The minimum Gasteiger partial charge on any atom is -0.467 e. The molecule has 1 unspecified atom stereocenters. The predicted molar refractivity (Wildman–Crippen MR) is 80.0 cm³/mol. The van der Waals surface area contributed by atoms with E-state index in [-0.39, 0.29) is 5.12 Å². The van der Waals surface area contributed by atoms with E-state index >= 15 is 0 Å². The molecule has 1 aromatic carbocycles. The Morgan fingerprint density at radius 3 is 2.63 bits per heavy atom. The molecule has 0 aliphatic heterocycles.